The number of hydrogen-bond donors (Lipinski definition) is 1. The summed E-state index contributed by atoms with van der Waals surface area (Å²) in [5, 5.41) is 3.12. The van der Waals surface area contributed by atoms with Crippen LogP contribution in [0.1, 0.15) is 11.5 Å². The van der Waals surface area contributed by atoms with Crippen LogP contribution in [-0.4, -0.2) is 17.0 Å². The number of nitrogens with one attached hydrogen (secondary N) is 1. The minimum atomic E-state index is 0.810. The van der Waals surface area contributed by atoms with Gasteiger partial charge in [0.15, 0.2) is 0 Å². The van der Waals surface area contributed by atoms with E-state index in [9.17, 15) is 0 Å². The normalized spacial score (nSPS) is 10.2. The van der Waals surface area contributed by atoms with Crippen LogP contribution in [0.4, 0.5) is 5.69 Å². The SMILES string of the molecule is CNc1cccc(-c2cc(C)nc(C)n2)c1. The van der Waals surface area contributed by atoms with E-state index < -0.39 is 0 Å². The second-order valence-corrected chi connectivity index (χ2v) is 3.77. The van der Waals surface area contributed by atoms with Gasteiger partial charge in [-0.25, -0.2) is 9.97 Å². The topological polar surface area (TPSA) is 37.8 Å². The lowest BCUT2D eigenvalue weighted by atomic mass is 10.1. The Balaban J connectivity index is 2.49. The van der Waals surface area contributed by atoms with Gasteiger partial charge in [-0.05, 0) is 32.0 Å². The Bertz CT molecular complexity index is 486. The first-order valence-corrected chi connectivity index (χ1v) is 5.29. The van der Waals surface area contributed by atoms with Crippen LogP contribution in [0, 0.1) is 13.8 Å². The number of aryl methyl sites for hydroxylation is 2. The van der Waals surface area contributed by atoms with E-state index in [1.165, 1.54) is 0 Å². The molecule has 0 bridgehead atoms. The van der Waals surface area contributed by atoms with Crippen LogP contribution in [0.25, 0.3) is 11.3 Å². The first-order valence-electron chi connectivity index (χ1n) is 5.29. The molecule has 1 N–H and O–H groups in total. The zero-order chi connectivity index (χ0) is 11.5. The third kappa shape index (κ3) is 2.19. The van der Waals surface area contributed by atoms with Gasteiger partial charge in [0.25, 0.3) is 0 Å². The molecular formula is C13H15N3. The van der Waals surface area contributed by atoms with Gasteiger partial charge in [-0.2, -0.15) is 0 Å². The van der Waals surface area contributed by atoms with Gasteiger partial charge in [0.05, 0.1) is 5.69 Å². The fraction of sp³-hybridized carbons (Fsp3) is 0.231. The Morgan fingerprint density at radius 2 is 1.88 bits per heavy atom. The highest BCUT2D eigenvalue weighted by atomic mass is 14.9. The van der Waals surface area contributed by atoms with Crippen LogP contribution in [0.5, 0.6) is 0 Å². The van der Waals surface area contributed by atoms with Crippen molar-refractivity contribution in [2.75, 3.05) is 12.4 Å². The minimum Gasteiger partial charge on any atom is -0.388 e. The molecule has 0 unspecified atom stereocenters. The number of nitrogens with zero attached hydrogens (tertiary/aromatic N) is 2. The van der Waals surface area contributed by atoms with Gasteiger partial charge in [-0.3, -0.25) is 0 Å². The molecule has 0 saturated heterocycles. The van der Waals surface area contributed by atoms with Crippen molar-refractivity contribution in [1.29, 1.82) is 0 Å². The molecule has 1 heterocycles. The fourth-order valence-corrected chi connectivity index (χ4v) is 1.70. The van der Waals surface area contributed by atoms with Crippen molar-refractivity contribution < 1.29 is 0 Å². The van der Waals surface area contributed by atoms with Gasteiger partial charge in [0.1, 0.15) is 5.82 Å². The third-order valence-electron chi connectivity index (χ3n) is 2.41. The van der Waals surface area contributed by atoms with Crippen molar-refractivity contribution in [2.24, 2.45) is 0 Å². The first kappa shape index (κ1) is 10.6. The largest absolute Gasteiger partial charge is 0.388 e. The molecule has 0 radical (unpaired) electrons. The second-order valence-electron chi connectivity index (χ2n) is 3.77. The third-order valence-corrected chi connectivity index (χ3v) is 2.41. The molecule has 0 aliphatic rings. The Labute approximate surface area is 95.6 Å². The highest BCUT2D eigenvalue weighted by Gasteiger charge is 2.02. The Hall–Kier alpha value is -1.90. The van der Waals surface area contributed by atoms with Crippen LogP contribution in [0.15, 0.2) is 30.3 Å². The lowest BCUT2D eigenvalue weighted by molar-refractivity contribution is 1.02. The van der Waals surface area contributed by atoms with E-state index >= 15 is 0 Å². The molecule has 2 aromatic rings. The van der Waals surface area contributed by atoms with Crippen molar-refractivity contribution in [3.63, 3.8) is 0 Å². The molecule has 0 atom stereocenters. The van der Waals surface area contributed by atoms with E-state index in [0.717, 1.165) is 28.5 Å². The molecule has 0 saturated carbocycles. The van der Waals surface area contributed by atoms with Crippen LogP contribution >= 0.6 is 0 Å². The maximum atomic E-state index is 4.44. The first-order chi connectivity index (χ1) is 7.69. The summed E-state index contributed by atoms with van der Waals surface area (Å²) >= 11 is 0. The van der Waals surface area contributed by atoms with Gasteiger partial charge in [0.2, 0.25) is 0 Å². The zero-order valence-corrected chi connectivity index (χ0v) is 9.78. The molecular weight excluding hydrogens is 198 g/mol. The van der Waals surface area contributed by atoms with Gasteiger partial charge < -0.3 is 5.32 Å². The molecule has 0 aliphatic heterocycles. The molecule has 0 amide bonds. The average Bonchev–Trinajstić information content (AvgIpc) is 2.28. The highest BCUT2D eigenvalue weighted by molar-refractivity contribution is 5.65. The molecule has 16 heavy (non-hydrogen) atoms. The number of anilines is 1. The molecule has 2 rings (SSSR count). The summed E-state index contributed by atoms with van der Waals surface area (Å²) in [4.78, 5) is 8.72. The number of rotatable bonds is 2. The van der Waals surface area contributed by atoms with Crippen LogP contribution in [0.3, 0.4) is 0 Å². The summed E-state index contributed by atoms with van der Waals surface area (Å²) < 4.78 is 0. The van der Waals surface area contributed by atoms with Crippen LogP contribution < -0.4 is 5.32 Å². The zero-order valence-electron chi connectivity index (χ0n) is 9.78. The maximum absolute atomic E-state index is 4.44. The highest BCUT2D eigenvalue weighted by Crippen LogP contribution is 2.21. The predicted octanol–water partition coefficient (Wildman–Crippen LogP) is 2.80. The van der Waals surface area contributed by atoms with Crippen molar-refractivity contribution in [3.8, 4) is 11.3 Å². The van der Waals surface area contributed by atoms with Crippen molar-refractivity contribution in [2.45, 2.75) is 13.8 Å². The molecule has 3 nitrogen and oxygen atoms in total. The van der Waals surface area contributed by atoms with Gasteiger partial charge >= 0.3 is 0 Å². The minimum absolute atomic E-state index is 0.810. The maximum Gasteiger partial charge on any atom is 0.126 e. The van der Waals surface area contributed by atoms with Crippen LogP contribution in [0.2, 0.25) is 0 Å². The molecule has 0 aliphatic carbocycles. The fourth-order valence-electron chi connectivity index (χ4n) is 1.70. The molecule has 0 spiro atoms. The summed E-state index contributed by atoms with van der Waals surface area (Å²) in [5.74, 6) is 0.810. The number of aromatic nitrogens is 2. The Morgan fingerprint density at radius 1 is 1.06 bits per heavy atom. The summed E-state index contributed by atoms with van der Waals surface area (Å²) in [5.41, 5.74) is 4.17. The number of hydrogen-bond acceptors (Lipinski definition) is 3. The smallest absolute Gasteiger partial charge is 0.126 e. The lowest BCUT2D eigenvalue weighted by Crippen LogP contribution is -1.94. The summed E-state index contributed by atoms with van der Waals surface area (Å²) in [7, 11) is 1.91. The predicted molar refractivity (Wildman–Crippen MR) is 66.5 cm³/mol. The lowest BCUT2D eigenvalue weighted by Gasteiger charge is -2.06. The monoisotopic (exact) mass is 213 g/mol. The quantitative estimate of drug-likeness (QED) is 0.833. The van der Waals surface area contributed by atoms with Gasteiger partial charge in [-0.1, -0.05) is 12.1 Å². The van der Waals surface area contributed by atoms with E-state index in [4.69, 9.17) is 0 Å². The van der Waals surface area contributed by atoms with E-state index in [0.29, 0.717) is 0 Å². The second kappa shape index (κ2) is 4.31. The number of benzene rings is 1. The van der Waals surface area contributed by atoms with E-state index in [1.807, 2.05) is 39.1 Å². The molecule has 1 aromatic carbocycles. The molecule has 0 fully saturated rings. The van der Waals surface area contributed by atoms with Gasteiger partial charge in [-0.15, -0.1) is 0 Å². The Kier molecular flexibility index (Phi) is 2.86. The van der Waals surface area contributed by atoms with Gasteiger partial charge in [0, 0.05) is 24.0 Å². The average molecular weight is 213 g/mol. The van der Waals surface area contributed by atoms with E-state index in [1.54, 1.807) is 0 Å². The molecule has 1 aromatic heterocycles. The standard InChI is InChI=1S/C13H15N3/c1-9-7-13(16-10(2)15-9)11-5-4-6-12(8-11)14-3/h4-8,14H,1-3H3. The van der Waals surface area contributed by atoms with Crippen molar-refractivity contribution in [1.82, 2.24) is 9.97 Å². The molecule has 3 heteroatoms. The van der Waals surface area contributed by atoms with E-state index in [-0.39, 0.29) is 0 Å². The summed E-state index contributed by atoms with van der Waals surface area (Å²) in [6.45, 7) is 3.90. The summed E-state index contributed by atoms with van der Waals surface area (Å²) in [6, 6.07) is 10.2. The summed E-state index contributed by atoms with van der Waals surface area (Å²) in [6.07, 6.45) is 0. The van der Waals surface area contributed by atoms with Crippen molar-refractivity contribution >= 4 is 5.69 Å². The van der Waals surface area contributed by atoms with Crippen LogP contribution in [-0.2, 0) is 0 Å². The molecule has 82 valence electrons. The van der Waals surface area contributed by atoms with Crippen molar-refractivity contribution in [3.05, 3.63) is 41.9 Å². The van der Waals surface area contributed by atoms with E-state index in [2.05, 4.69) is 27.4 Å². The Morgan fingerprint density at radius 3 is 2.56 bits per heavy atom.